The Morgan fingerprint density at radius 2 is 2.08 bits per heavy atom. The second-order valence-corrected chi connectivity index (χ2v) is 9.02. The first kappa shape index (κ1) is 24.4. The highest BCUT2D eigenvalue weighted by atomic mass is 16.5. The van der Waals surface area contributed by atoms with Crippen molar-refractivity contribution in [1.82, 2.24) is 25.3 Å². The van der Waals surface area contributed by atoms with E-state index in [-0.39, 0.29) is 18.5 Å². The molecule has 1 fully saturated rings. The largest absolute Gasteiger partial charge is 0.377 e. The fourth-order valence-corrected chi connectivity index (χ4v) is 4.60. The van der Waals surface area contributed by atoms with Crippen LogP contribution in [0.5, 0.6) is 0 Å². The van der Waals surface area contributed by atoms with Crippen molar-refractivity contribution in [2.45, 2.75) is 32.4 Å². The lowest BCUT2D eigenvalue weighted by molar-refractivity contribution is 0.0984. The minimum atomic E-state index is -0.346. The van der Waals surface area contributed by atoms with Gasteiger partial charge < -0.3 is 25.2 Å². The van der Waals surface area contributed by atoms with Gasteiger partial charge in [-0.15, -0.1) is 0 Å². The highest BCUT2D eigenvalue weighted by Crippen LogP contribution is 2.32. The number of ether oxygens (including phenoxy) is 1. The molecule has 1 atom stereocenters. The Morgan fingerprint density at radius 3 is 2.84 bits per heavy atom. The van der Waals surface area contributed by atoms with Crippen LogP contribution in [0.15, 0.2) is 42.9 Å². The lowest BCUT2D eigenvalue weighted by atomic mass is 10.0. The smallest absolute Gasteiger partial charge is 0.319 e. The number of anilines is 3. The fraction of sp³-hybridized carbons (Fsp3) is 0.385. The van der Waals surface area contributed by atoms with Crippen LogP contribution in [0, 0.1) is 11.3 Å². The second-order valence-electron chi connectivity index (χ2n) is 9.02. The minimum Gasteiger partial charge on any atom is -0.377 e. The highest BCUT2D eigenvalue weighted by Gasteiger charge is 2.29. The molecule has 11 nitrogen and oxygen atoms in total. The summed E-state index contributed by atoms with van der Waals surface area (Å²) < 4.78 is 5.68. The molecular weight excluding hydrogens is 470 g/mol. The quantitative estimate of drug-likeness (QED) is 0.491. The number of carbonyl (C=O) groups is 1. The molecule has 0 bridgehead atoms. The summed E-state index contributed by atoms with van der Waals surface area (Å²) in [5, 5.41) is 14.1. The zero-order chi connectivity index (χ0) is 25.6. The molecular formula is C26H29N9O2. The van der Waals surface area contributed by atoms with E-state index in [1.165, 1.54) is 5.56 Å². The summed E-state index contributed by atoms with van der Waals surface area (Å²) in [6, 6.07) is 11.3. The lowest BCUT2D eigenvalue weighted by Crippen LogP contribution is -2.45. The van der Waals surface area contributed by atoms with Gasteiger partial charge in [0, 0.05) is 42.6 Å². The molecule has 2 aliphatic heterocycles. The van der Waals surface area contributed by atoms with Crippen molar-refractivity contribution >= 4 is 23.4 Å². The van der Waals surface area contributed by atoms with Crippen LogP contribution in [-0.4, -0.2) is 64.9 Å². The number of nitrogens with one attached hydrogen (secondary N) is 2. The lowest BCUT2D eigenvalue weighted by Gasteiger charge is -2.38. The molecule has 2 amide bonds. The molecule has 2 aromatic heterocycles. The van der Waals surface area contributed by atoms with E-state index in [2.05, 4.69) is 37.3 Å². The predicted octanol–water partition coefficient (Wildman–Crippen LogP) is 2.76. The number of nitriles is 1. The maximum atomic E-state index is 12.0. The van der Waals surface area contributed by atoms with Gasteiger partial charge in [-0.1, -0.05) is 0 Å². The van der Waals surface area contributed by atoms with E-state index >= 15 is 0 Å². The molecule has 11 heteroatoms. The molecule has 0 aliphatic carbocycles. The normalized spacial score (nSPS) is 17.0. The van der Waals surface area contributed by atoms with Crippen LogP contribution in [0.3, 0.4) is 0 Å². The number of nitrogens with zero attached hydrogens (tertiary/aromatic N) is 7. The van der Waals surface area contributed by atoms with E-state index in [0.717, 1.165) is 42.4 Å². The van der Waals surface area contributed by atoms with Gasteiger partial charge in [-0.25, -0.2) is 24.7 Å². The summed E-state index contributed by atoms with van der Waals surface area (Å²) in [5.41, 5.74) is 3.67. The molecule has 5 rings (SSSR count). The third-order valence-electron chi connectivity index (χ3n) is 6.50. The van der Waals surface area contributed by atoms with Gasteiger partial charge in [0.25, 0.3) is 0 Å². The third kappa shape index (κ3) is 5.59. The van der Waals surface area contributed by atoms with Crippen LogP contribution in [0.25, 0.3) is 11.4 Å². The topological polar surface area (TPSA) is 132 Å². The van der Waals surface area contributed by atoms with Crippen LogP contribution in [0.1, 0.15) is 24.6 Å². The van der Waals surface area contributed by atoms with Gasteiger partial charge in [0.05, 0.1) is 44.0 Å². The SMILES string of the molecule is CC1COCCN1c1nc(-c2ccc(NC(=O)NCCC#N)cc2)nc2c1CCN(c1ccncn1)C2. The van der Waals surface area contributed by atoms with Crippen LogP contribution in [0.4, 0.5) is 22.1 Å². The molecule has 0 radical (unpaired) electrons. The Bertz CT molecular complexity index is 1280. The van der Waals surface area contributed by atoms with Crippen LogP contribution < -0.4 is 20.4 Å². The van der Waals surface area contributed by atoms with Crippen molar-refractivity contribution in [3.8, 4) is 17.5 Å². The van der Waals surface area contributed by atoms with E-state index < -0.39 is 0 Å². The monoisotopic (exact) mass is 499 g/mol. The molecule has 4 heterocycles. The molecule has 1 aromatic carbocycles. The Balaban J connectivity index is 1.44. The van der Waals surface area contributed by atoms with Gasteiger partial charge in [-0.05, 0) is 43.7 Å². The molecule has 2 aliphatic rings. The van der Waals surface area contributed by atoms with Gasteiger partial charge >= 0.3 is 6.03 Å². The zero-order valence-electron chi connectivity index (χ0n) is 20.7. The molecule has 190 valence electrons. The summed E-state index contributed by atoms with van der Waals surface area (Å²) >= 11 is 0. The van der Waals surface area contributed by atoms with Crippen LogP contribution in [-0.2, 0) is 17.7 Å². The maximum Gasteiger partial charge on any atom is 0.319 e. The number of fused-ring (bicyclic) bond motifs is 1. The first-order valence-corrected chi connectivity index (χ1v) is 12.4. The number of hydrogen-bond acceptors (Lipinski definition) is 9. The number of rotatable bonds is 6. The summed E-state index contributed by atoms with van der Waals surface area (Å²) in [5.74, 6) is 2.49. The number of urea groups is 1. The number of morpholine rings is 1. The van der Waals surface area contributed by atoms with Gasteiger partial charge in [-0.3, -0.25) is 0 Å². The van der Waals surface area contributed by atoms with E-state index in [9.17, 15) is 4.79 Å². The minimum absolute atomic E-state index is 0.214. The van der Waals surface area contributed by atoms with E-state index in [4.69, 9.17) is 20.0 Å². The number of hydrogen-bond donors (Lipinski definition) is 2. The summed E-state index contributed by atoms with van der Waals surface area (Å²) in [4.78, 5) is 35.1. The average molecular weight is 500 g/mol. The highest BCUT2D eigenvalue weighted by molar-refractivity contribution is 5.89. The van der Waals surface area contributed by atoms with Crippen molar-refractivity contribution in [2.24, 2.45) is 0 Å². The summed E-state index contributed by atoms with van der Waals surface area (Å²) in [6.07, 6.45) is 4.41. The molecule has 0 saturated carbocycles. The summed E-state index contributed by atoms with van der Waals surface area (Å²) in [6.45, 7) is 6.04. The van der Waals surface area contributed by atoms with E-state index in [1.54, 1.807) is 12.5 Å². The molecule has 37 heavy (non-hydrogen) atoms. The number of carbonyl (C=O) groups excluding carboxylic acids is 1. The van der Waals surface area contributed by atoms with Gasteiger partial charge in [0.1, 0.15) is 18.0 Å². The molecule has 0 spiro atoms. The molecule has 2 N–H and O–H groups in total. The molecule has 1 unspecified atom stereocenters. The Morgan fingerprint density at radius 1 is 1.22 bits per heavy atom. The Hall–Kier alpha value is -4.30. The van der Waals surface area contributed by atoms with Gasteiger partial charge in [0.15, 0.2) is 5.82 Å². The van der Waals surface area contributed by atoms with Crippen molar-refractivity contribution in [1.29, 1.82) is 5.26 Å². The van der Waals surface area contributed by atoms with Gasteiger partial charge in [0.2, 0.25) is 0 Å². The average Bonchev–Trinajstić information content (AvgIpc) is 2.93. The Kier molecular flexibility index (Phi) is 7.37. The first-order valence-electron chi connectivity index (χ1n) is 12.4. The van der Waals surface area contributed by atoms with Gasteiger partial charge in [-0.2, -0.15) is 5.26 Å². The number of aromatic nitrogens is 4. The van der Waals surface area contributed by atoms with Crippen molar-refractivity contribution < 1.29 is 9.53 Å². The van der Waals surface area contributed by atoms with E-state index in [0.29, 0.717) is 37.8 Å². The van der Waals surface area contributed by atoms with Crippen LogP contribution >= 0.6 is 0 Å². The maximum absolute atomic E-state index is 12.0. The molecule has 1 saturated heterocycles. The standard InChI is InChI=1S/C26H29N9O2/c1-18-16-37-14-13-35(18)25-21-8-12-34(23-7-11-28-17-30-23)15-22(21)32-24(33-25)19-3-5-20(6-4-19)31-26(36)29-10-2-9-27/h3-7,11,17-18H,2,8,10,12-16H2,1H3,(H2,29,31,36). The second kappa shape index (κ2) is 11.2. The van der Waals surface area contributed by atoms with E-state index in [1.807, 2.05) is 36.4 Å². The molecule has 3 aromatic rings. The van der Waals surface area contributed by atoms with Crippen LogP contribution in [0.2, 0.25) is 0 Å². The van der Waals surface area contributed by atoms with Crippen molar-refractivity contribution in [3.63, 3.8) is 0 Å². The Labute approximate surface area is 215 Å². The van der Waals surface area contributed by atoms with Crippen molar-refractivity contribution in [2.75, 3.05) is 48.0 Å². The number of amides is 2. The summed E-state index contributed by atoms with van der Waals surface area (Å²) in [7, 11) is 0. The third-order valence-corrected chi connectivity index (χ3v) is 6.50. The number of benzene rings is 1. The first-order chi connectivity index (χ1) is 18.1. The van der Waals surface area contributed by atoms with Crippen molar-refractivity contribution in [3.05, 3.63) is 54.1 Å². The fourth-order valence-electron chi connectivity index (χ4n) is 4.60. The zero-order valence-corrected chi connectivity index (χ0v) is 20.7. The predicted molar refractivity (Wildman–Crippen MR) is 139 cm³/mol.